The Kier molecular flexibility index (Phi) is 2.75. The van der Waals surface area contributed by atoms with Crippen molar-refractivity contribution < 1.29 is 9.90 Å². The average molecular weight is 186 g/mol. The standard InChI is InChI=1S/C7H10N2O2S/c1-4(2)5(7(10)11)6-8-3-12-9-6/h3-5H,1-2H3,(H,10,11). The smallest absolute Gasteiger partial charge is 0.314 e. The number of rotatable bonds is 3. The highest BCUT2D eigenvalue weighted by atomic mass is 32.1. The lowest BCUT2D eigenvalue weighted by atomic mass is 9.95. The summed E-state index contributed by atoms with van der Waals surface area (Å²) in [6.45, 7) is 3.69. The van der Waals surface area contributed by atoms with Crippen LogP contribution in [0.5, 0.6) is 0 Å². The fraction of sp³-hybridized carbons (Fsp3) is 0.571. The first kappa shape index (κ1) is 9.12. The molecule has 0 aliphatic carbocycles. The quantitative estimate of drug-likeness (QED) is 0.774. The molecule has 1 aromatic heterocycles. The minimum atomic E-state index is -0.858. The molecule has 1 atom stereocenters. The number of hydrogen-bond acceptors (Lipinski definition) is 4. The van der Waals surface area contributed by atoms with Crippen molar-refractivity contribution in [3.63, 3.8) is 0 Å². The van der Waals surface area contributed by atoms with Gasteiger partial charge in [-0.15, -0.1) is 0 Å². The molecule has 0 saturated heterocycles. The zero-order valence-electron chi connectivity index (χ0n) is 6.89. The molecule has 1 N–H and O–H groups in total. The molecular weight excluding hydrogens is 176 g/mol. The molecule has 66 valence electrons. The van der Waals surface area contributed by atoms with Crippen LogP contribution < -0.4 is 0 Å². The number of carboxylic acids is 1. The van der Waals surface area contributed by atoms with Gasteiger partial charge in [-0.05, 0) is 17.5 Å². The van der Waals surface area contributed by atoms with Gasteiger partial charge in [0.25, 0.3) is 0 Å². The van der Waals surface area contributed by atoms with Crippen LogP contribution in [0.3, 0.4) is 0 Å². The van der Waals surface area contributed by atoms with Gasteiger partial charge < -0.3 is 5.11 Å². The molecule has 0 saturated carbocycles. The summed E-state index contributed by atoms with van der Waals surface area (Å²) in [5, 5.41) is 8.84. The molecule has 1 rings (SSSR count). The Labute approximate surface area is 74.4 Å². The third kappa shape index (κ3) is 1.79. The van der Waals surface area contributed by atoms with Crippen molar-refractivity contribution in [3.05, 3.63) is 11.3 Å². The summed E-state index contributed by atoms with van der Waals surface area (Å²) in [5.74, 6) is -0.987. The van der Waals surface area contributed by atoms with Crippen LogP contribution in [0.4, 0.5) is 0 Å². The Balaban J connectivity index is 2.88. The van der Waals surface area contributed by atoms with Gasteiger partial charge in [0.1, 0.15) is 11.4 Å². The van der Waals surface area contributed by atoms with E-state index >= 15 is 0 Å². The van der Waals surface area contributed by atoms with Gasteiger partial charge in [0, 0.05) is 0 Å². The van der Waals surface area contributed by atoms with Crippen LogP contribution in [0.25, 0.3) is 0 Å². The van der Waals surface area contributed by atoms with E-state index < -0.39 is 11.9 Å². The summed E-state index contributed by atoms with van der Waals surface area (Å²) in [4.78, 5) is 14.6. The van der Waals surface area contributed by atoms with Crippen LogP contribution in [0, 0.1) is 5.92 Å². The first-order chi connectivity index (χ1) is 5.63. The Morgan fingerprint density at radius 1 is 1.67 bits per heavy atom. The Hall–Kier alpha value is -0.970. The van der Waals surface area contributed by atoms with E-state index in [4.69, 9.17) is 5.11 Å². The highest BCUT2D eigenvalue weighted by Gasteiger charge is 2.26. The fourth-order valence-electron chi connectivity index (χ4n) is 1.01. The monoisotopic (exact) mass is 186 g/mol. The largest absolute Gasteiger partial charge is 0.481 e. The van der Waals surface area contributed by atoms with Crippen molar-refractivity contribution in [2.45, 2.75) is 19.8 Å². The van der Waals surface area contributed by atoms with Crippen molar-refractivity contribution in [1.82, 2.24) is 9.36 Å². The van der Waals surface area contributed by atoms with E-state index in [2.05, 4.69) is 9.36 Å². The molecule has 1 aromatic rings. The highest BCUT2D eigenvalue weighted by Crippen LogP contribution is 2.21. The van der Waals surface area contributed by atoms with Gasteiger partial charge in [0.2, 0.25) is 0 Å². The van der Waals surface area contributed by atoms with Gasteiger partial charge in [0.05, 0.1) is 0 Å². The van der Waals surface area contributed by atoms with Crippen molar-refractivity contribution >= 4 is 17.5 Å². The molecule has 0 bridgehead atoms. The van der Waals surface area contributed by atoms with Gasteiger partial charge in [-0.1, -0.05) is 13.8 Å². The SMILES string of the molecule is CC(C)C(C(=O)O)c1ncsn1. The van der Waals surface area contributed by atoms with E-state index in [1.807, 2.05) is 13.8 Å². The van der Waals surface area contributed by atoms with Crippen LogP contribution in [0.1, 0.15) is 25.6 Å². The number of aliphatic carboxylic acids is 1. The van der Waals surface area contributed by atoms with Gasteiger partial charge in [-0.2, -0.15) is 4.37 Å². The minimum Gasteiger partial charge on any atom is -0.481 e. The van der Waals surface area contributed by atoms with Gasteiger partial charge in [-0.25, -0.2) is 4.98 Å². The molecule has 1 unspecified atom stereocenters. The second-order valence-corrected chi connectivity index (χ2v) is 3.45. The van der Waals surface area contributed by atoms with Crippen molar-refractivity contribution in [3.8, 4) is 0 Å². The molecule has 1 heterocycles. The van der Waals surface area contributed by atoms with Crippen molar-refractivity contribution in [2.75, 3.05) is 0 Å². The number of nitrogens with zero attached hydrogens (tertiary/aromatic N) is 2. The Morgan fingerprint density at radius 2 is 2.33 bits per heavy atom. The molecule has 0 aliphatic rings. The molecular formula is C7H10N2O2S. The Bertz CT molecular complexity index is 258. The van der Waals surface area contributed by atoms with Crippen LogP contribution in [-0.2, 0) is 4.79 Å². The third-order valence-electron chi connectivity index (χ3n) is 1.59. The van der Waals surface area contributed by atoms with E-state index in [1.165, 1.54) is 11.5 Å². The zero-order chi connectivity index (χ0) is 9.14. The van der Waals surface area contributed by atoms with Crippen molar-refractivity contribution in [1.29, 1.82) is 0 Å². The molecule has 5 heteroatoms. The second kappa shape index (κ2) is 3.62. The molecule has 0 radical (unpaired) electrons. The molecule has 12 heavy (non-hydrogen) atoms. The summed E-state index contributed by atoms with van der Waals surface area (Å²) >= 11 is 1.18. The normalized spacial score (nSPS) is 13.2. The maximum atomic E-state index is 10.8. The lowest BCUT2D eigenvalue weighted by Crippen LogP contribution is -2.18. The maximum absolute atomic E-state index is 10.8. The Morgan fingerprint density at radius 3 is 2.67 bits per heavy atom. The van der Waals surface area contributed by atoms with Gasteiger partial charge >= 0.3 is 5.97 Å². The predicted octanol–water partition coefficient (Wildman–Crippen LogP) is 1.36. The molecule has 0 spiro atoms. The minimum absolute atomic E-state index is 0.0251. The van der Waals surface area contributed by atoms with Crippen LogP contribution in [0.15, 0.2) is 5.51 Å². The predicted molar refractivity (Wildman–Crippen MR) is 45.1 cm³/mol. The molecule has 0 fully saturated rings. The highest BCUT2D eigenvalue weighted by molar-refractivity contribution is 7.03. The molecule has 0 amide bonds. The third-order valence-corrected chi connectivity index (χ3v) is 2.08. The van der Waals surface area contributed by atoms with E-state index in [1.54, 1.807) is 5.51 Å². The molecule has 0 aliphatic heterocycles. The first-order valence-corrected chi connectivity index (χ1v) is 4.45. The van der Waals surface area contributed by atoms with Gasteiger partial charge in [-0.3, -0.25) is 4.79 Å². The summed E-state index contributed by atoms with van der Waals surface area (Å²) in [6, 6.07) is 0. The number of aromatic nitrogens is 2. The summed E-state index contributed by atoms with van der Waals surface area (Å²) in [6.07, 6.45) is 0. The second-order valence-electron chi connectivity index (χ2n) is 2.85. The summed E-state index contributed by atoms with van der Waals surface area (Å²) in [7, 11) is 0. The number of hydrogen-bond donors (Lipinski definition) is 1. The van der Waals surface area contributed by atoms with Crippen LogP contribution in [-0.4, -0.2) is 20.4 Å². The molecule has 0 aromatic carbocycles. The maximum Gasteiger partial charge on any atom is 0.314 e. The van der Waals surface area contributed by atoms with Crippen LogP contribution >= 0.6 is 11.5 Å². The van der Waals surface area contributed by atoms with Gasteiger partial charge in [0.15, 0.2) is 5.82 Å². The summed E-state index contributed by atoms with van der Waals surface area (Å²) in [5.41, 5.74) is 1.55. The average Bonchev–Trinajstić information content (AvgIpc) is 2.37. The number of carbonyl (C=O) groups is 1. The lowest BCUT2D eigenvalue weighted by molar-refractivity contribution is -0.140. The lowest BCUT2D eigenvalue weighted by Gasteiger charge is -2.11. The van der Waals surface area contributed by atoms with E-state index in [9.17, 15) is 4.79 Å². The summed E-state index contributed by atoms with van der Waals surface area (Å²) < 4.78 is 3.91. The first-order valence-electron chi connectivity index (χ1n) is 3.62. The van der Waals surface area contributed by atoms with Crippen molar-refractivity contribution in [2.24, 2.45) is 5.92 Å². The zero-order valence-corrected chi connectivity index (χ0v) is 7.71. The van der Waals surface area contributed by atoms with E-state index in [0.29, 0.717) is 5.82 Å². The van der Waals surface area contributed by atoms with Crippen LogP contribution in [0.2, 0.25) is 0 Å². The molecule has 4 nitrogen and oxygen atoms in total. The number of carboxylic acid groups (broad SMARTS) is 1. The fourth-order valence-corrected chi connectivity index (χ4v) is 1.48. The topological polar surface area (TPSA) is 63.1 Å². The van der Waals surface area contributed by atoms with E-state index in [-0.39, 0.29) is 5.92 Å². The van der Waals surface area contributed by atoms with E-state index in [0.717, 1.165) is 0 Å².